The van der Waals surface area contributed by atoms with Crippen LogP contribution in [0.4, 0.5) is 0 Å². The van der Waals surface area contributed by atoms with Gasteiger partial charge in [-0.25, -0.2) is 4.72 Å². The molecule has 0 aliphatic rings. The summed E-state index contributed by atoms with van der Waals surface area (Å²) in [4.78, 5) is 0. The van der Waals surface area contributed by atoms with Crippen LogP contribution in [0.3, 0.4) is 0 Å². The first kappa shape index (κ1) is 15.8. The molecule has 5 nitrogen and oxygen atoms in total. The molecular weight excluding hydrogens is 226 g/mol. The maximum Gasteiger partial charge on any atom is 0.279 e. The number of hydrogen-bond donors (Lipinski definition) is 2. The predicted octanol–water partition coefficient (Wildman–Crippen LogP) is 0.552. The molecule has 0 atom stereocenters. The molecule has 0 unspecified atom stereocenters. The van der Waals surface area contributed by atoms with Crippen LogP contribution in [0.15, 0.2) is 0 Å². The Bertz CT molecular complexity index is 255. The number of nitrogens with zero attached hydrogens (tertiary/aromatic N) is 1. The van der Waals surface area contributed by atoms with Gasteiger partial charge in [-0.05, 0) is 32.4 Å². The quantitative estimate of drug-likeness (QED) is 0.558. The van der Waals surface area contributed by atoms with Crippen LogP contribution in [0, 0.1) is 0 Å². The van der Waals surface area contributed by atoms with Gasteiger partial charge in [0.1, 0.15) is 0 Å². The van der Waals surface area contributed by atoms with Crippen molar-refractivity contribution in [1.82, 2.24) is 14.3 Å². The zero-order valence-corrected chi connectivity index (χ0v) is 11.4. The van der Waals surface area contributed by atoms with E-state index in [9.17, 15) is 8.42 Å². The average molecular weight is 251 g/mol. The van der Waals surface area contributed by atoms with Crippen LogP contribution >= 0.6 is 0 Å². The van der Waals surface area contributed by atoms with E-state index in [2.05, 4.69) is 17.0 Å². The van der Waals surface area contributed by atoms with Crippen molar-refractivity contribution in [2.24, 2.45) is 0 Å². The van der Waals surface area contributed by atoms with Gasteiger partial charge < -0.3 is 5.32 Å². The molecule has 0 saturated carbocycles. The summed E-state index contributed by atoms with van der Waals surface area (Å²) in [5, 5.41) is 3.24. The van der Waals surface area contributed by atoms with Gasteiger partial charge >= 0.3 is 0 Å². The summed E-state index contributed by atoms with van der Waals surface area (Å²) in [6.45, 7) is 6.96. The molecule has 6 heteroatoms. The Morgan fingerprint density at radius 2 is 1.69 bits per heavy atom. The Labute approximate surface area is 99.8 Å². The molecule has 0 amide bonds. The third-order valence-corrected chi connectivity index (χ3v) is 3.77. The van der Waals surface area contributed by atoms with E-state index >= 15 is 0 Å². The third kappa shape index (κ3) is 7.16. The van der Waals surface area contributed by atoms with Crippen molar-refractivity contribution in [3.63, 3.8) is 0 Å². The first-order valence-electron chi connectivity index (χ1n) is 5.96. The van der Waals surface area contributed by atoms with Gasteiger partial charge in [0.2, 0.25) is 0 Å². The Hall–Kier alpha value is -0.170. The lowest BCUT2D eigenvalue weighted by Gasteiger charge is -2.17. The van der Waals surface area contributed by atoms with Crippen LogP contribution in [-0.4, -0.2) is 45.9 Å². The normalized spacial score (nSPS) is 12.2. The molecular formula is C10H25N3O2S. The molecule has 0 aromatic heterocycles. The van der Waals surface area contributed by atoms with E-state index in [0.29, 0.717) is 13.1 Å². The van der Waals surface area contributed by atoms with Gasteiger partial charge in [0.25, 0.3) is 10.2 Å². The molecule has 0 rings (SSSR count). The van der Waals surface area contributed by atoms with E-state index in [1.165, 1.54) is 4.31 Å². The van der Waals surface area contributed by atoms with Crippen molar-refractivity contribution < 1.29 is 8.42 Å². The van der Waals surface area contributed by atoms with Crippen molar-refractivity contribution in [1.29, 1.82) is 0 Å². The molecule has 0 aliphatic heterocycles. The van der Waals surface area contributed by atoms with Gasteiger partial charge in [-0.15, -0.1) is 0 Å². The zero-order chi connectivity index (χ0) is 12.4. The van der Waals surface area contributed by atoms with Crippen LogP contribution in [0.5, 0.6) is 0 Å². The van der Waals surface area contributed by atoms with Crippen LogP contribution in [0.2, 0.25) is 0 Å². The first-order chi connectivity index (χ1) is 7.54. The minimum Gasteiger partial charge on any atom is -0.317 e. The van der Waals surface area contributed by atoms with Gasteiger partial charge in [-0.3, -0.25) is 0 Å². The molecule has 0 aromatic carbocycles. The van der Waals surface area contributed by atoms with Crippen molar-refractivity contribution in [2.75, 3.05) is 33.2 Å². The standard InChI is InChI=1S/C10H25N3O2S/c1-4-7-11-9-6-10-13(3)16(14,15)12-8-5-2/h11-12H,4-10H2,1-3H3. The van der Waals surface area contributed by atoms with Gasteiger partial charge in [-0.1, -0.05) is 13.8 Å². The summed E-state index contributed by atoms with van der Waals surface area (Å²) in [6.07, 6.45) is 2.75. The topological polar surface area (TPSA) is 61.4 Å². The Balaban J connectivity index is 3.73. The maximum absolute atomic E-state index is 11.6. The number of hydrogen-bond acceptors (Lipinski definition) is 3. The van der Waals surface area contributed by atoms with E-state index in [-0.39, 0.29) is 0 Å². The molecule has 0 aromatic rings. The lowest BCUT2D eigenvalue weighted by molar-refractivity contribution is 0.444. The Kier molecular flexibility index (Phi) is 8.83. The monoisotopic (exact) mass is 251 g/mol. The molecule has 0 fully saturated rings. The van der Waals surface area contributed by atoms with Gasteiger partial charge in [-0.2, -0.15) is 12.7 Å². The van der Waals surface area contributed by atoms with Crippen LogP contribution < -0.4 is 10.0 Å². The molecule has 0 spiro atoms. The maximum atomic E-state index is 11.6. The highest BCUT2D eigenvalue weighted by Crippen LogP contribution is 1.95. The highest BCUT2D eigenvalue weighted by atomic mass is 32.2. The fraction of sp³-hybridized carbons (Fsp3) is 1.00. The molecule has 0 aliphatic carbocycles. The summed E-state index contributed by atoms with van der Waals surface area (Å²) in [5.74, 6) is 0. The minimum atomic E-state index is -3.26. The van der Waals surface area contributed by atoms with Gasteiger partial charge in [0.05, 0.1) is 0 Å². The first-order valence-corrected chi connectivity index (χ1v) is 7.40. The van der Waals surface area contributed by atoms with E-state index in [1.54, 1.807) is 7.05 Å². The largest absolute Gasteiger partial charge is 0.317 e. The summed E-state index contributed by atoms with van der Waals surface area (Å²) in [5.41, 5.74) is 0. The summed E-state index contributed by atoms with van der Waals surface area (Å²) in [6, 6.07) is 0. The van der Waals surface area contributed by atoms with E-state index in [0.717, 1.165) is 32.4 Å². The van der Waals surface area contributed by atoms with Gasteiger partial charge in [0, 0.05) is 20.1 Å². The minimum absolute atomic E-state index is 0.501. The fourth-order valence-electron chi connectivity index (χ4n) is 1.19. The van der Waals surface area contributed by atoms with Gasteiger partial charge in [0.15, 0.2) is 0 Å². The van der Waals surface area contributed by atoms with Crippen molar-refractivity contribution >= 4 is 10.2 Å². The molecule has 16 heavy (non-hydrogen) atoms. The highest BCUT2D eigenvalue weighted by Gasteiger charge is 2.15. The average Bonchev–Trinajstić information content (AvgIpc) is 2.26. The third-order valence-electron chi connectivity index (χ3n) is 2.20. The molecule has 0 bridgehead atoms. The second kappa shape index (κ2) is 8.92. The van der Waals surface area contributed by atoms with E-state index in [1.807, 2.05) is 6.92 Å². The zero-order valence-electron chi connectivity index (χ0n) is 10.6. The van der Waals surface area contributed by atoms with E-state index in [4.69, 9.17) is 0 Å². The number of rotatable bonds is 10. The lowest BCUT2D eigenvalue weighted by Crippen LogP contribution is -2.39. The van der Waals surface area contributed by atoms with E-state index < -0.39 is 10.2 Å². The van der Waals surface area contributed by atoms with Crippen LogP contribution in [0.1, 0.15) is 33.1 Å². The molecule has 2 N–H and O–H groups in total. The molecule has 0 radical (unpaired) electrons. The predicted molar refractivity (Wildman–Crippen MR) is 67.6 cm³/mol. The molecule has 98 valence electrons. The van der Waals surface area contributed by atoms with Crippen molar-refractivity contribution in [2.45, 2.75) is 33.1 Å². The lowest BCUT2D eigenvalue weighted by atomic mass is 10.4. The molecule has 0 heterocycles. The summed E-state index contributed by atoms with van der Waals surface area (Å²) in [7, 11) is -1.65. The Morgan fingerprint density at radius 3 is 2.25 bits per heavy atom. The van der Waals surface area contributed by atoms with Crippen molar-refractivity contribution in [3.05, 3.63) is 0 Å². The molecule has 0 saturated heterocycles. The second-order valence-electron chi connectivity index (χ2n) is 3.82. The smallest absolute Gasteiger partial charge is 0.279 e. The highest BCUT2D eigenvalue weighted by molar-refractivity contribution is 7.87. The SMILES string of the molecule is CCCNCCCN(C)S(=O)(=O)NCCC. The van der Waals surface area contributed by atoms with Crippen LogP contribution in [0.25, 0.3) is 0 Å². The Morgan fingerprint density at radius 1 is 1.06 bits per heavy atom. The summed E-state index contributed by atoms with van der Waals surface area (Å²) < 4.78 is 27.1. The summed E-state index contributed by atoms with van der Waals surface area (Å²) >= 11 is 0. The second-order valence-corrected chi connectivity index (χ2v) is 5.69. The van der Waals surface area contributed by atoms with Crippen LogP contribution in [-0.2, 0) is 10.2 Å². The number of nitrogens with one attached hydrogen (secondary N) is 2. The van der Waals surface area contributed by atoms with Crippen molar-refractivity contribution in [3.8, 4) is 0 Å². The fourth-order valence-corrected chi connectivity index (χ4v) is 2.24.